The molecule has 1 aromatic heterocycles. The highest BCUT2D eigenvalue weighted by Gasteiger charge is 2.10. The summed E-state index contributed by atoms with van der Waals surface area (Å²) in [5.41, 5.74) is 2.89. The van der Waals surface area contributed by atoms with Gasteiger partial charge in [-0.05, 0) is 30.0 Å². The highest BCUT2D eigenvalue weighted by molar-refractivity contribution is 7.26. The van der Waals surface area contributed by atoms with Crippen LogP contribution in [0.1, 0.15) is 32.3 Å². The van der Waals surface area contributed by atoms with Crippen LogP contribution in [0, 0.1) is 0 Å². The van der Waals surface area contributed by atoms with Crippen molar-refractivity contribution in [2.75, 3.05) is 0 Å². The summed E-state index contributed by atoms with van der Waals surface area (Å²) in [6.07, 6.45) is 4.56. The van der Waals surface area contributed by atoms with E-state index in [0.717, 1.165) is 12.8 Å². The van der Waals surface area contributed by atoms with Crippen molar-refractivity contribution >= 4 is 37.1 Å². The Balaban J connectivity index is 2.34. The van der Waals surface area contributed by atoms with Gasteiger partial charge in [0, 0.05) is 20.2 Å². The minimum atomic E-state index is 1.10. The highest BCUT2D eigenvalue weighted by atomic mass is 32.1. The van der Waals surface area contributed by atoms with E-state index in [2.05, 4.69) is 62.4 Å². The van der Waals surface area contributed by atoms with Gasteiger partial charge < -0.3 is 0 Å². The van der Waals surface area contributed by atoms with Crippen molar-refractivity contribution in [3.8, 4) is 0 Å². The maximum atomic E-state index is 2.36. The molecule has 0 aliphatic rings. The lowest BCUT2D eigenvalue weighted by atomic mass is 10.00. The maximum Gasteiger partial charge on any atom is 0.0430 e. The van der Waals surface area contributed by atoms with Crippen molar-refractivity contribution in [3.63, 3.8) is 0 Å². The lowest BCUT2D eigenvalue weighted by Crippen LogP contribution is -1.83. The van der Waals surface area contributed by atoms with E-state index < -0.39 is 0 Å². The van der Waals surface area contributed by atoms with Crippen LogP contribution in [0.3, 0.4) is 0 Å². The van der Waals surface area contributed by atoms with E-state index >= 15 is 0 Å². The average molecular weight is 266 g/mol. The van der Waals surface area contributed by atoms with Crippen LogP contribution in [0.5, 0.6) is 0 Å². The Bertz CT molecular complexity index is 747. The molecule has 2 aromatic carbocycles. The van der Waals surface area contributed by atoms with Gasteiger partial charge in [-0.1, -0.05) is 56.3 Å². The van der Waals surface area contributed by atoms with Gasteiger partial charge in [-0.2, -0.15) is 0 Å². The van der Waals surface area contributed by atoms with E-state index in [1.54, 1.807) is 0 Å². The number of hydrogen-bond donors (Lipinski definition) is 0. The molecule has 0 atom stereocenters. The summed E-state index contributed by atoms with van der Waals surface area (Å²) in [6, 6.07) is 15.4. The Morgan fingerprint density at radius 2 is 1.79 bits per heavy atom. The average Bonchev–Trinajstić information content (AvgIpc) is 2.83. The van der Waals surface area contributed by atoms with Gasteiger partial charge in [0.05, 0.1) is 0 Å². The van der Waals surface area contributed by atoms with Crippen LogP contribution in [0.4, 0.5) is 0 Å². The fourth-order valence-corrected chi connectivity index (χ4v) is 3.94. The van der Waals surface area contributed by atoms with Crippen LogP contribution in [-0.4, -0.2) is 0 Å². The zero-order valence-electron chi connectivity index (χ0n) is 11.4. The normalized spacial score (nSPS) is 12.4. The second-order valence-electron chi connectivity index (χ2n) is 4.77. The summed E-state index contributed by atoms with van der Waals surface area (Å²) < 4.78 is 2.82. The van der Waals surface area contributed by atoms with Gasteiger partial charge in [0.25, 0.3) is 0 Å². The molecule has 0 radical (unpaired) electrons. The van der Waals surface area contributed by atoms with Crippen LogP contribution >= 0.6 is 11.3 Å². The molecule has 0 aliphatic heterocycles. The van der Waals surface area contributed by atoms with Crippen LogP contribution in [0.25, 0.3) is 25.7 Å². The molecule has 3 rings (SSSR count). The maximum absolute atomic E-state index is 2.36. The third kappa shape index (κ3) is 2.08. The first-order valence-electron chi connectivity index (χ1n) is 6.94. The van der Waals surface area contributed by atoms with Crippen molar-refractivity contribution in [2.24, 2.45) is 0 Å². The SMILES string of the molecule is CC/C=C(\CC)c1cccc2c1sc1ccccc12. The summed E-state index contributed by atoms with van der Waals surface area (Å²) in [4.78, 5) is 0. The number of hydrogen-bond acceptors (Lipinski definition) is 1. The second kappa shape index (κ2) is 5.18. The molecule has 0 fully saturated rings. The molecule has 1 heteroatoms. The number of allylic oxidation sites excluding steroid dienone is 2. The summed E-state index contributed by atoms with van der Waals surface area (Å²) >= 11 is 1.92. The van der Waals surface area contributed by atoms with Crippen molar-refractivity contribution in [2.45, 2.75) is 26.7 Å². The Morgan fingerprint density at radius 3 is 2.58 bits per heavy atom. The Labute approximate surface area is 118 Å². The first-order valence-corrected chi connectivity index (χ1v) is 7.76. The third-order valence-corrected chi connectivity index (χ3v) is 4.80. The fourth-order valence-electron chi connectivity index (χ4n) is 2.69. The van der Waals surface area contributed by atoms with Gasteiger partial charge in [0.1, 0.15) is 0 Å². The minimum absolute atomic E-state index is 1.10. The summed E-state index contributed by atoms with van der Waals surface area (Å²) in [5, 5.41) is 2.78. The molecule has 0 nitrogen and oxygen atoms in total. The first-order chi connectivity index (χ1) is 9.35. The topological polar surface area (TPSA) is 0 Å². The molecule has 0 bridgehead atoms. The molecule has 1 heterocycles. The molecule has 0 amide bonds. The molecule has 96 valence electrons. The lowest BCUT2D eigenvalue weighted by Gasteiger charge is -2.06. The van der Waals surface area contributed by atoms with Crippen LogP contribution in [0.2, 0.25) is 0 Å². The molecular weight excluding hydrogens is 248 g/mol. The number of benzene rings is 2. The van der Waals surface area contributed by atoms with Gasteiger partial charge in [-0.25, -0.2) is 0 Å². The third-order valence-electron chi connectivity index (χ3n) is 3.58. The summed E-state index contributed by atoms with van der Waals surface area (Å²) in [7, 11) is 0. The van der Waals surface area contributed by atoms with Crippen molar-refractivity contribution in [3.05, 3.63) is 54.1 Å². The molecular formula is C18H18S. The largest absolute Gasteiger partial charge is 0.135 e. The Hall–Kier alpha value is -1.60. The van der Waals surface area contributed by atoms with E-state index in [1.807, 2.05) is 11.3 Å². The molecule has 19 heavy (non-hydrogen) atoms. The second-order valence-corrected chi connectivity index (χ2v) is 5.82. The van der Waals surface area contributed by atoms with Gasteiger partial charge >= 0.3 is 0 Å². The zero-order chi connectivity index (χ0) is 13.2. The van der Waals surface area contributed by atoms with Gasteiger partial charge in [-0.15, -0.1) is 11.3 Å². The smallest absolute Gasteiger partial charge is 0.0430 e. The predicted molar refractivity (Wildman–Crippen MR) is 87.9 cm³/mol. The van der Waals surface area contributed by atoms with Crippen LogP contribution in [0.15, 0.2) is 48.5 Å². The molecule has 3 aromatic rings. The van der Waals surface area contributed by atoms with Crippen molar-refractivity contribution in [1.82, 2.24) is 0 Å². The molecule has 0 N–H and O–H groups in total. The molecule has 0 saturated heterocycles. The molecule has 0 unspecified atom stereocenters. The molecule has 0 saturated carbocycles. The van der Waals surface area contributed by atoms with Crippen molar-refractivity contribution in [1.29, 1.82) is 0 Å². The predicted octanol–water partition coefficient (Wildman–Crippen LogP) is 6.26. The quantitative estimate of drug-likeness (QED) is 0.525. The highest BCUT2D eigenvalue weighted by Crippen LogP contribution is 2.38. The molecule has 0 spiro atoms. The zero-order valence-corrected chi connectivity index (χ0v) is 12.3. The van der Waals surface area contributed by atoms with E-state index in [1.165, 1.54) is 31.3 Å². The first kappa shape index (κ1) is 12.4. The Kier molecular flexibility index (Phi) is 3.39. The van der Waals surface area contributed by atoms with E-state index in [0.29, 0.717) is 0 Å². The summed E-state index contributed by atoms with van der Waals surface area (Å²) in [6.45, 7) is 4.45. The van der Waals surface area contributed by atoms with Crippen LogP contribution in [-0.2, 0) is 0 Å². The minimum Gasteiger partial charge on any atom is -0.135 e. The summed E-state index contributed by atoms with van der Waals surface area (Å²) in [5.74, 6) is 0. The molecule has 0 aliphatic carbocycles. The Morgan fingerprint density at radius 1 is 1.00 bits per heavy atom. The monoisotopic (exact) mass is 266 g/mol. The number of fused-ring (bicyclic) bond motifs is 3. The van der Waals surface area contributed by atoms with E-state index in [4.69, 9.17) is 0 Å². The van der Waals surface area contributed by atoms with Gasteiger partial charge in [-0.3, -0.25) is 0 Å². The van der Waals surface area contributed by atoms with E-state index in [9.17, 15) is 0 Å². The fraction of sp³-hybridized carbons (Fsp3) is 0.222. The lowest BCUT2D eigenvalue weighted by molar-refractivity contribution is 1.17. The van der Waals surface area contributed by atoms with Gasteiger partial charge in [0.2, 0.25) is 0 Å². The number of thiophene rings is 1. The van der Waals surface area contributed by atoms with Crippen LogP contribution < -0.4 is 0 Å². The van der Waals surface area contributed by atoms with Gasteiger partial charge in [0.15, 0.2) is 0 Å². The number of rotatable bonds is 3. The standard InChI is InChI=1S/C18H18S/c1-3-8-13(4-2)14-10-7-11-16-15-9-5-6-12-17(15)19-18(14)16/h5-12H,3-4H2,1-2H3/b13-8+. The van der Waals surface area contributed by atoms with E-state index in [-0.39, 0.29) is 0 Å². The van der Waals surface area contributed by atoms with Crippen molar-refractivity contribution < 1.29 is 0 Å².